The highest BCUT2D eigenvalue weighted by Crippen LogP contribution is 2.41. The molecular formula is C22H27N5O3. The first-order valence-electron chi connectivity index (χ1n) is 10.8. The maximum absolute atomic E-state index is 13.3. The van der Waals surface area contributed by atoms with Crippen molar-refractivity contribution in [3.63, 3.8) is 0 Å². The number of pyridine rings is 1. The number of piperidine rings is 3. The third kappa shape index (κ3) is 3.24. The van der Waals surface area contributed by atoms with Crippen LogP contribution in [0.5, 0.6) is 0 Å². The van der Waals surface area contributed by atoms with Gasteiger partial charge in [0.25, 0.3) is 5.91 Å². The summed E-state index contributed by atoms with van der Waals surface area (Å²) >= 11 is 0. The average molecular weight is 409 g/mol. The number of H-pyrrole nitrogens is 1. The van der Waals surface area contributed by atoms with Crippen molar-refractivity contribution in [1.82, 2.24) is 25.1 Å². The molecule has 0 spiro atoms. The van der Waals surface area contributed by atoms with E-state index in [4.69, 9.17) is 0 Å². The zero-order valence-corrected chi connectivity index (χ0v) is 17.1. The van der Waals surface area contributed by atoms with Crippen molar-refractivity contribution in [3.8, 4) is 0 Å². The van der Waals surface area contributed by atoms with Crippen molar-refractivity contribution in [2.24, 2.45) is 11.8 Å². The van der Waals surface area contributed by atoms with Crippen molar-refractivity contribution >= 4 is 28.8 Å². The molecule has 3 amide bonds. The molecule has 2 aromatic rings. The number of hydrogen-bond acceptors (Lipinski definition) is 4. The number of likely N-dealkylation sites (tertiary alicyclic amines) is 1. The minimum atomic E-state index is -0.0903. The predicted molar refractivity (Wildman–Crippen MR) is 111 cm³/mol. The lowest BCUT2D eigenvalue weighted by molar-refractivity contribution is -0.151. The summed E-state index contributed by atoms with van der Waals surface area (Å²) in [6.07, 6.45) is 5.15. The molecule has 3 saturated heterocycles. The van der Waals surface area contributed by atoms with E-state index in [2.05, 4.69) is 15.3 Å². The van der Waals surface area contributed by atoms with Crippen LogP contribution in [0.3, 0.4) is 0 Å². The molecule has 158 valence electrons. The Labute approximate surface area is 175 Å². The van der Waals surface area contributed by atoms with Crippen LogP contribution in [0.25, 0.3) is 11.0 Å². The summed E-state index contributed by atoms with van der Waals surface area (Å²) < 4.78 is 0. The Morgan fingerprint density at radius 1 is 1.30 bits per heavy atom. The second-order valence-corrected chi connectivity index (χ2v) is 8.86. The number of nitrogens with one attached hydrogen (secondary N) is 2. The van der Waals surface area contributed by atoms with Gasteiger partial charge in [-0.25, -0.2) is 4.98 Å². The topological polar surface area (TPSA) is 98.4 Å². The highest BCUT2D eigenvalue weighted by molar-refractivity contribution is 5.97. The van der Waals surface area contributed by atoms with E-state index >= 15 is 0 Å². The van der Waals surface area contributed by atoms with Crippen LogP contribution in [-0.4, -0.2) is 69.2 Å². The largest absolute Gasteiger partial charge is 0.354 e. The van der Waals surface area contributed by atoms with Gasteiger partial charge in [0.1, 0.15) is 11.3 Å². The third-order valence-electron chi connectivity index (χ3n) is 6.97. The Morgan fingerprint density at radius 3 is 2.93 bits per heavy atom. The number of fused-ring (bicyclic) bond motifs is 5. The molecule has 2 aromatic heterocycles. The molecule has 4 atom stereocenters. The van der Waals surface area contributed by atoms with Crippen LogP contribution < -0.4 is 5.32 Å². The van der Waals surface area contributed by atoms with Crippen molar-refractivity contribution in [2.45, 2.75) is 44.7 Å². The molecule has 3 aliphatic heterocycles. The van der Waals surface area contributed by atoms with Crippen LogP contribution in [0.1, 0.15) is 43.1 Å². The molecule has 2 N–H and O–H groups in total. The van der Waals surface area contributed by atoms with Gasteiger partial charge < -0.3 is 20.1 Å². The summed E-state index contributed by atoms with van der Waals surface area (Å²) in [5, 5.41) is 3.84. The summed E-state index contributed by atoms with van der Waals surface area (Å²) in [7, 11) is 0. The molecule has 5 heterocycles. The van der Waals surface area contributed by atoms with E-state index < -0.39 is 0 Å². The Hall–Kier alpha value is -2.90. The number of aromatic nitrogens is 2. The highest BCUT2D eigenvalue weighted by Gasteiger charge is 2.50. The first-order valence-corrected chi connectivity index (χ1v) is 10.8. The molecule has 8 nitrogen and oxygen atoms in total. The third-order valence-corrected chi connectivity index (χ3v) is 6.97. The number of amides is 3. The monoisotopic (exact) mass is 409 g/mol. The first kappa shape index (κ1) is 19.1. The second kappa shape index (κ2) is 7.41. The van der Waals surface area contributed by atoms with Gasteiger partial charge in [0.2, 0.25) is 11.8 Å². The maximum Gasteiger partial charge on any atom is 0.270 e. The van der Waals surface area contributed by atoms with Crippen LogP contribution in [0.4, 0.5) is 0 Å². The van der Waals surface area contributed by atoms with Crippen molar-refractivity contribution < 1.29 is 14.4 Å². The van der Waals surface area contributed by atoms with Crippen LogP contribution in [0.15, 0.2) is 24.4 Å². The fourth-order valence-corrected chi connectivity index (χ4v) is 5.70. The zero-order chi connectivity index (χ0) is 20.8. The van der Waals surface area contributed by atoms with E-state index in [-0.39, 0.29) is 41.6 Å². The fraction of sp³-hybridized carbons (Fsp3) is 0.545. The number of nitrogens with zero attached hydrogens (tertiary/aromatic N) is 3. The first-order chi connectivity index (χ1) is 14.5. The number of carbonyl (C=O) groups is 3. The molecule has 0 radical (unpaired) electrons. The van der Waals surface area contributed by atoms with E-state index in [1.54, 1.807) is 6.20 Å². The Morgan fingerprint density at radius 2 is 2.13 bits per heavy atom. The highest BCUT2D eigenvalue weighted by atomic mass is 16.2. The summed E-state index contributed by atoms with van der Waals surface area (Å²) in [4.78, 5) is 49.1. The van der Waals surface area contributed by atoms with E-state index in [0.717, 1.165) is 24.6 Å². The summed E-state index contributed by atoms with van der Waals surface area (Å²) in [5.41, 5.74) is 1.27. The van der Waals surface area contributed by atoms with E-state index in [1.807, 2.05) is 28.0 Å². The molecule has 0 aliphatic carbocycles. The summed E-state index contributed by atoms with van der Waals surface area (Å²) in [5.74, 6) is 0.537. The van der Waals surface area contributed by atoms with Crippen LogP contribution in [0.2, 0.25) is 0 Å². The Balaban J connectivity index is 1.41. The van der Waals surface area contributed by atoms with Crippen molar-refractivity contribution in [1.29, 1.82) is 0 Å². The molecule has 5 rings (SSSR count). The Kier molecular flexibility index (Phi) is 4.72. The van der Waals surface area contributed by atoms with Gasteiger partial charge in [-0.15, -0.1) is 0 Å². The summed E-state index contributed by atoms with van der Waals surface area (Å²) in [6.45, 7) is 3.22. The number of hydrogen-bond donors (Lipinski definition) is 2. The van der Waals surface area contributed by atoms with Gasteiger partial charge in [-0.05, 0) is 49.3 Å². The van der Waals surface area contributed by atoms with Gasteiger partial charge in [0.15, 0.2) is 0 Å². The molecule has 0 aromatic carbocycles. The van der Waals surface area contributed by atoms with Crippen LogP contribution >= 0.6 is 0 Å². The van der Waals surface area contributed by atoms with E-state index in [1.165, 1.54) is 6.92 Å². The minimum Gasteiger partial charge on any atom is -0.354 e. The molecule has 2 bridgehead atoms. The van der Waals surface area contributed by atoms with Crippen LogP contribution in [-0.2, 0) is 9.59 Å². The van der Waals surface area contributed by atoms with Gasteiger partial charge in [-0.2, -0.15) is 0 Å². The van der Waals surface area contributed by atoms with Gasteiger partial charge in [-0.3, -0.25) is 14.4 Å². The lowest BCUT2D eigenvalue weighted by Gasteiger charge is -2.56. The standard InChI is InChI=1S/C22H27N5O3/c1-13(28)24-10-19-16-8-15(18-5-2-6-20(29)27(18)19)11-26(12-16)22(30)17-9-14-4-3-7-23-21(14)25-17/h3-4,7,9,15-16,18-19H,2,5-6,8,10-12H2,1H3,(H,23,25)(H,24,28)/t15-,16+,18+,19+/m1/s1. The number of rotatable bonds is 3. The average Bonchev–Trinajstić information content (AvgIpc) is 3.17. The predicted octanol–water partition coefficient (Wildman–Crippen LogP) is 1.54. The van der Waals surface area contributed by atoms with Crippen molar-refractivity contribution in [2.75, 3.05) is 19.6 Å². The normalized spacial score (nSPS) is 28.4. The quantitative estimate of drug-likeness (QED) is 0.803. The lowest BCUT2D eigenvalue weighted by Crippen LogP contribution is -2.67. The lowest BCUT2D eigenvalue weighted by atomic mass is 9.72. The second-order valence-electron chi connectivity index (χ2n) is 8.86. The van der Waals surface area contributed by atoms with Gasteiger partial charge in [0.05, 0.1) is 6.04 Å². The molecule has 3 aliphatic rings. The molecule has 0 unspecified atom stereocenters. The molecule has 3 fully saturated rings. The smallest absolute Gasteiger partial charge is 0.270 e. The van der Waals surface area contributed by atoms with Crippen LogP contribution in [0, 0.1) is 11.8 Å². The molecule has 8 heteroatoms. The number of carbonyl (C=O) groups excluding carboxylic acids is 3. The summed E-state index contributed by atoms with van der Waals surface area (Å²) in [6, 6.07) is 5.76. The van der Waals surface area contributed by atoms with E-state index in [9.17, 15) is 14.4 Å². The maximum atomic E-state index is 13.3. The SMILES string of the molecule is CC(=O)NC[C@H]1[C@H]2C[C@H](CN(C(=O)c3cc4cccnc4[nH]3)C2)[C@@H]2CCCC(=O)N21. The molecule has 0 saturated carbocycles. The molecular weight excluding hydrogens is 382 g/mol. The van der Waals surface area contributed by atoms with E-state index in [0.29, 0.717) is 37.4 Å². The van der Waals surface area contributed by atoms with Gasteiger partial charge in [0, 0.05) is 50.6 Å². The Bertz CT molecular complexity index is 969. The minimum absolute atomic E-state index is 0.0171. The molecule has 30 heavy (non-hydrogen) atoms. The van der Waals surface area contributed by atoms with Gasteiger partial charge >= 0.3 is 0 Å². The fourth-order valence-electron chi connectivity index (χ4n) is 5.70. The van der Waals surface area contributed by atoms with Gasteiger partial charge in [-0.1, -0.05) is 0 Å². The zero-order valence-electron chi connectivity index (χ0n) is 17.1. The van der Waals surface area contributed by atoms with Crippen molar-refractivity contribution in [3.05, 3.63) is 30.1 Å². The number of aromatic amines is 1.